The first-order chi connectivity index (χ1) is 20.4. The summed E-state index contributed by atoms with van der Waals surface area (Å²) in [5, 5.41) is 6.56. The maximum atomic E-state index is 14.9. The summed E-state index contributed by atoms with van der Waals surface area (Å²) in [6, 6.07) is 32.3. The standard InChI is InChI=1S/C34H32BrN3O4/c1-3-4-23-34(30(24-15-19-26(35)20-16-24)36-27-21-17-25(18-22-27)31(39)42-2)32(40)37(28-11-7-5-8-12-28)38(33(34)41)29-13-9-6-10-14-29/h5-22,30,36H,3-4,23H2,1-2H3. The molecule has 5 rings (SSSR count). The minimum absolute atomic E-state index is 0.303. The molecule has 42 heavy (non-hydrogen) atoms. The third kappa shape index (κ3) is 5.42. The van der Waals surface area contributed by atoms with Crippen LogP contribution in [0.1, 0.15) is 48.1 Å². The number of carbonyl (C=O) groups excluding carboxylic acids is 3. The Kier molecular flexibility index (Phi) is 8.73. The van der Waals surface area contributed by atoms with Crippen molar-refractivity contribution in [1.29, 1.82) is 0 Å². The number of rotatable bonds is 10. The third-order valence-corrected chi connectivity index (χ3v) is 8.12. The number of anilines is 3. The average molecular weight is 627 g/mol. The fourth-order valence-corrected chi connectivity index (χ4v) is 5.71. The number of nitrogens with zero attached hydrogens (tertiary/aromatic N) is 2. The van der Waals surface area contributed by atoms with Gasteiger partial charge < -0.3 is 10.1 Å². The van der Waals surface area contributed by atoms with Crippen LogP contribution in [0.4, 0.5) is 17.1 Å². The van der Waals surface area contributed by atoms with Gasteiger partial charge in [-0.3, -0.25) is 9.59 Å². The first-order valence-electron chi connectivity index (χ1n) is 13.9. The van der Waals surface area contributed by atoms with Crippen molar-refractivity contribution in [2.45, 2.75) is 32.2 Å². The van der Waals surface area contributed by atoms with Crippen LogP contribution in [0.5, 0.6) is 0 Å². The highest BCUT2D eigenvalue weighted by molar-refractivity contribution is 9.10. The van der Waals surface area contributed by atoms with E-state index in [4.69, 9.17) is 4.74 Å². The molecule has 0 aliphatic carbocycles. The van der Waals surface area contributed by atoms with Gasteiger partial charge in [-0.1, -0.05) is 84.2 Å². The molecular weight excluding hydrogens is 594 g/mol. The van der Waals surface area contributed by atoms with Gasteiger partial charge in [-0.05, 0) is 72.6 Å². The number of hydrogen-bond acceptors (Lipinski definition) is 5. The number of methoxy groups -OCH3 is 1. The van der Waals surface area contributed by atoms with Gasteiger partial charge in [0.2, 0.25) is 0 Å². The summed E-state index contributed by atoms with van der Waals surface area (Å²) in [4.78, 5) is 41.9. The molecule has 1 N–H and O–H groups in total. The molecular formula is C34H32BrN3O4. The lowest BCUT2D eigenvalue weighted by atomic mass is 9.72. The second kappa shape index (κ2) is 12.6. The lowest BCUT2D eigenvalue weighted by Gasteiger charge is -2.35. The summed E-state index contributed by atoms with van der Waals surface area (Å²) in [5.74, 6) is -1.05. The highest BCUT2D eigenvalue weighted by Crippen LogP contribution is 2.50. The highest BCUT2D eigenvalue weighted by atomic mass is 79.9. The first kappa shape index (κ1) is 29.1. The van der Waals surface area contributed by atoms with Gasteiger partial charge in [0.1, 0.15) is 0 Å². The summed E-state index contributed by atoms with van der Waals surface area (Å²) in [5.41, 5.74) is 1.59. The zero-order valence-electron chi connectivity index (χ0n) is 23.5. The Bertz CT molecular complexity index is 1490. The predicted molar refractivity (Wildman–Crippen MR) is 168 cm³/mol. The Hall–Kier alpha value is -4.43. The molecule has 0 saturated carbocycles. The molecule has 4 aromatic rings. The van der Waals surface area contributed by atoms with E-state index in [9.17, 15) is 14.4 Å². The van der Waals surface area contributed by atoms with Crippen molar-refractivity contribution in [1.82, 2.24) is 0 Å². The van der Waals surface area contributed by atoms with E-state index in [-0.39, 0.29) is 11.8 Å². The number of hydrazine groups is 1. The number of nitrogens with one attached hydrogen (secondary N) is 1. The number of para-hydroxylation sites is 2. The summed E-state index contributed by atoms with van der Waals surface area (Å²) in [7, 11) is 1.34. The van der Waals surface area contributed by atoms with Crippen LogP contribution < -0.4 is 15.3 Å². The molecule has 0 radical (unpaired) electrons. The maximum Gasteiger partial charge on any atom is 0.337 e. The van der Waals surface area contributed by atoms with E-state index < -0.39 is 17.4 Å². The summed E-state index contributed by atoms with van der Waals surface area (Å²) in [6.45, 7) is 2.05. The quantitative estimate of drug-likeness (QED) is 0.145. The van der Waals surface area contributed by atoms with Crippen molar-refractivity contribution in [3.05, 3.63) is 125 Å². The number of benzene rings is 4. The van der Waals surface area contributed by atoms with Gasteiger partial charge in [0.25, 0.3) is 11.8 Å². The van der Waals surface area contributed by atoms with E-state index in [0.717, 1.165) is 16.5 Å². The van der Waals surface area contributed by atoms with E-state index in [1.165, 1.54) is 17.1 Å². The molecule has 7 nitrogen and oxygen atoms in total. The number of esters is 1. The van der Waals surface area contributed by atoms with Gasteiger partial charge in [0.15, 0.2) is 5.41 Å². The molecule has 1 unspecified atom stereocenters. The number of amides is 2. The highest BCUT2D eigenvalue weighted by Gasteiger charge is 2.63. The normalized spacial score (nSPS) is 15.0. The zero-order chi connectivity index (χ0) is 29.7. The molecule has 0 spiro atoms. The minimum atomic E-state index is -1.48. The molecule has 0 bridgehead atoms. The predicted octanol–water partition coefficient (Wildman–Crippen LogP) is 7.56. The topological polar surface area (TPSA) is 79.0 Å². The first-order valence-corrected chi connectivity index (χ1v) is 14.7. The summed E-state index contributed by atoms with van der Waals surface area (Å²) < 4.78 is 5.74. The van der Waals surface area contributed by atoms with Gasteiger partial charge in [-0.2, -0.15) is 0 Å². The van der Waals surface area contributed by atoms with E-state index in [2.05, 4.69) is 28.2 Å². The summed E-state index contributed by atoms with van der Waals surface area (Å²) >= 11 is 3.52. The number of unbranched alkanes of at least 4 members (excludes halogenated alkanes) is 1. The zero-order valence-corrected chi connectivity index (χ0v) is 25.1. The van der Waals surface area contributed by atoms with E-state index in [1.807, 2.05) is 84.9 Å². The van der Waals surface area contributed by atoms with Crippen LogP contribution in [-0.2, 0) is 14.3 Å². The molecule has 8 heteroatoms. The van der Waals surface area contributed by atoms with Gasteiger partial charge in [-0.25, -0.2) is 14.8 Å². The second-order valence-corrected chi connectivity index (χ2v) is 11.1. The molecule has 1 heterocycles. The average Bonchev–Trinajstić information content (AvgIpc) is 3.26. The van der Waals surface area contributed by atoms with E-state index >= 15 is 0 Å². The Morgan fingerprint density at radius 3 is 1.81 bits per heavy atom. The maximum absolute atomic E-state index is 14.9. The van der Waals surface area contributed by atoms with Crippen molar-refractivity contribution in [2.24, 2.45) is 5.41 Å². The minimum Gasteiger partial charge on any atom is -0.465 e. The van der Waals surface area contributed by atoms with Gasteiger partial charge in [0.05, 0.1) is 30.1 Å². The number of carbonyl (C=O) groups is 3. The fourth-order valence-electron chi connectivity index (χ4n) is 5.45. The number of halogens is 1. The lowest BCUT2D eigenvalue weighted by molar-refractivity contribution is -0.136. The van der Waals surface area contributed by atoms with Crippen molar-refractivity contribution >= 4 is 50.8 Å². The monoisotopic (exact) mass is 625 g/mol. The van der Waals surface area contributed by atoms with E-state index in [1.54, 1.807) is 24.3 Å². The molecule has 1 aliphatic heterocycles. The van der Waals surface area contributed by atoms with Crippen LogP contribution in [0, 0.1) is 5.41 Å². The number of ether oxygens (including phenoxy) is 1. The van der Waals surface area contributed by atoms with Gasteiger partial charge in [-0.15, -0.1) is 0 Å². The molecule has 1 fully saturated rings. The smallest absolute Gasteiger partial charge is 0.337 e. The van der Waals surface area contributed by atoms with Crippen molar-refractivity contribution < 1.29 is 19.1 Å². The van der Waals surface area contributed by atoms with Gasteiger partial charge >= 0.3 is 5.97 Å². The Morgan fingerprint density at radius 1 is 0.810 bits per heavy atom. The van der Waals surface area contributed by atoms with E-state index in [0.29, 0.717) is 35.5 Å². The lowest BCUT2D eigenvalue weighted by Crippen LogP contribution is -2.45. The van der Waals surface area contributed by atoms with Crippen LogP contribution in [0.15, 0.2) is 114 Å². The van der Waals surface area contributed by atoms with Crippen LogP contribution >= 0.6 is 15.9 Å². The molecule has 214 valence electrons. The molecule has 2 amide bonds. The van der Waals surface area contributed by atoms with Crippen LogP contribution in [0.25, 0.3) is 0 Å². The Labute approximate surface area is 254 Å². The van der Waals surface area contributed by atoms with Crippen molar-refractivity contribution in [2.75, 3.05) is 22.4 Å². The molecule has 1 aliphatic rings. The van der Waals surface area contributed by atoms with Gasteiger partial charge in [0, 0.05) is 10.2 Å². The SMILES string of the molecule is CCCCC1(C(Nc2ccc(C(=O)OC)cc2)c2ccc(Br)cc2)C(=O)N(c2ccccc2)N(c2ccccc2)C1=O. The molecule has 1 saturated heterocycles. The third-order valence-electron chi connectivity index (χ3n) is 7.59. The Morgan fingerprint density at radius 2 is 1.33 bits per heavy atom. The largest absolute Gasteiger partial charge is 0.465 e. The molecule has 1 atom stereocenters. The summed E-state index contributed by atoms with van der Waals surface area (Å²) in [6.07, 6.45) is 1.81. The molecule has 0 aromatic heterocycles. The number of hydrogen-bond donors (Lipinski definition) is 1. The van der Waals surface area contributed by atoms with Crippen LogP contribution in [0.2, 0.25) is 0 Å². The van der Waals surface area contributed by atoms with Crippen LogP contribution in [0.3, 0.4) is 0 Å². The van der Waals surface area contributed by atoms with Crippen molar-refractivity contribution in [3.63, 3.8) is 0 Å². The fraction of sp³-hybridized carbons (Fsp3) is 0.206. The Balaban J connectivity index is 1.70. The van der Waals surface area contributed by atoms with Crippen LogP contribution in [-0.4, -0.2) is 24.9 Å². The molecule has 4 aromatic carbocycles. The second-order valence-electron chi connectivity index (χ2n) is 10.2. The van der Waals surface area contributed by atoms with Crippen molar-refractivity contribution in [3.8, 4) is 0 Å².